The van der Waals surface area contributed by atoms with Crippen LogP contribution < -0.4 is 5.32 Å². The summed E-state index contributed by atoms with van der Waals surface area (Å²) in [6.45, 7) is 4.77. The fourth-order valence-corrected chi connectivity index (χ4v) is 3.00. The third-order valence-electron chi connectivity index (χ3n) is 4.43. The zero-order valence-corrected chi connectivity index (χ0v) is 15.2. The molecule has 4 rings (SSSR count). The first-order valence-corrected chi connectivity index (χ1v) is 8.02. The van der Waals surface area contributed by atoms with Crippen LogP contribution in [0, 0.1) is 13.8 Å². The second-order valence-corrected chi connectivity index (χ2v) is 5.97. The topological polar surface area (TPSA) is 76.1 Å². The zero-order valence-electron chi connectivity index (χ0n) is 14.4. The summed E-state index contributed by atoms with van der Waals surface area (Å²) >= 11 is 0. The molecule has 0 saturated heterocycles. The SMILES string of the molecule is Cc1c(C)n(Cc2ccco2)c2ncnc(Nc3ccc(O)cc3)c12.Cl. The summed E-state index contributed by atoms with van der Waals surface area (Å²) in [5, 5.41) is 13.7. The van der Waals surface area contributed by atoms with Gasteiger partial charge in [-0.05, 0) is 55.8 Å². The van der Waals surface area contributed by atoms with E-state index in [4.69, 9.17) is 4.42 Å². The van der Waals surface area contributed by atoms with E-state index in [9.17, 15) is 5.11 Å². The number of nitrogens with zero attached hydrogens (tertiary/aromatic N) is 3. The van der Waals surface area contributed by atoms with Crippen LogP contribution in [0.5, 0.6) is 5.75 Å². The third-order valence-corrected chi connectivity index (χ3v) is 4.43. The first-order chi connectivity index (χ1) is 12.1. The summed E-state index contributed by atoms with van der Waals surface area (Å²) in [5.74, 6) is 1.86. The highest BCUT2D eigenvalue weighted by Gasteiger charge is 2.17. The van der Waals surface area contributed by atoms with Gasteiger partial charge in [0.25, 0.3) is 0 Å². The summed E-state index contributed by atoms with van der Waals surface area (Å²) in [6.07, 6.45) is 3.23. The Morgan fingerprint density at radius 1 is 1.12 bits per heavy atom. The molecule has 2 N–H and O–H groups in total. The van der Waals surface area contributed by atoms with Crippen LogP contribution in [0.15, 0.2) is 53.4 Å². The molecule has 0 amide bonds. The average molecular weight is 371 g/mol. The van der Waals surface area contributed by atoms with E-state index in [1.54, 1.807) is 24.7 Å². The van der Waals surface area contributed by atoms with Crippen molar-refractivity contribution in [3.8, 4) is 5.75 Å². The number of aromatic nitrogens is 3. The highest BCUT2D eigenvalue weighted by atomic mass is 35.5. The predicted molar refractivity (Wildman–Crippen MR) is 103 cm³/mol. The molecule has 26 heavy (non-hydrogen) atoms. The van der Waals surface area contributed by atoms with Gasteiger partial charge in [-0.15, -0.1) is 12.4 Å². The number of anilines is 2. The van der Waals surface area contributed by atoms with E-state index in [1.165, 1.54) is 0 Å². The van der Waals surface area contributed by atoms with Gasteiger partial charge in [-0.3, -0.25) is 0 Å². The molecule has 0 unspecified atom stereocenters. The molecule has 0 fully saturated rings. The summed E-state index contributed by atoms with van der Waals surface area (Å²) in [4.78, 5) is 8.91. The molecule has 0 spiro atoms. The van der Waals surface area contributed by atoms with Crippen molar-refractivity contribution in [2.24, 2.45) is 0 Å². The van der Waals surface area contributed by atoms with Crippen molar-refractivity contribution < 1.29 is 9.52 Å². The van der Waals surface area contributed by atoms with Crippen molar-refractivity contribution in [3.05, 3.63) is 66.0 Å². The molecule has 3 aromatic heterocycles. The molecule has 0 radical (unpaired) electrons. The van der Waals surface area contributed by atoms with Crippen LogP contribution in [0.25, 0.3) is 11.0 Å². The highest BCUT2D eigenvalue weighted by Crippen LogP contribution is 2.31. The molecule has 6 nitrogen and oxygen atoms in total. The number of nitrogens with one attached hydrogen (secondary N) is 1. The van der Waals surface area contributed by atoms with Gasteiger partial charge in [0.2, 0.25) is 0 Å². The van der Waals surface area contributed by atoms with E-state index in [0.29, 0.717) is 6.54 Å². The summed E-state index contributed by atoms with van der Waals surface area (Å²) in [5.41, 5.74) is 3.97. The lowest BCUT2D eigenvalue weighted by Gasteiger charge is -2.08. The van der Waals surface area contributed by atoms with Crippen molar-refractivity contribution in [1.82, 2.24) is 14.5 Å². The lowest BCUT2D eigenvalue weighted by atomic mass is 10.2. The normalized spacial score (nSPS) is 10.7. The van der Waals surface area contributed by atoms with Crippen molar-refractivity contribution in [1.29, 1.82) is 0 Å². The first kappa shape index (κ1) is 17.8. The fraction of sp³-hybridized carbons (Fsp3) is 0.158. The number of aryl methyl sites for hydroxylation is 1. The number of aromatic hydroxyl groups is 1. The molecule has 0 aliphatic heterocycles. The highest BCUT2D eigenvalue weighted by molar-refractivity contribution is 5.93. The maximum atomic E-state index is 9.44. The summed E-state index contributed by atoms with van der Waals surface area (Å²) < 4.78 is 7.62. The molecule has 0 bridgehead atoms. The molecular formula is C19H19ClN4O2. The van der Waals surface area contributed by atoms with Crippen LogP contribution in [0.3, 0.4) is 0 Å². The van der Waals surface area contributed by atoms with E-state index in [-0.39, 0.29) is 18.2 Å². The van der Waals surface area contributed by atoms with Gasteiger partial charge < -0.3 is 19.4 Å². The Kier molecular flexibility index (Phi) is 4.86. The van der Waals surface area contributed by atoms with Gasteiger partial charge in [-0.1, -0.05) is 0 Å². The van der Waals surface area contributed by atoms with Crippen molar-refractivity contribution in [3.63, 3.8) is 0 Å². The molecule has 0 atom stereocenters. The first-order valence-electron chi connectivity index (χ1n) is 8.02. The standard InChI is InChI=1S/C19H18N4O2.ClH/c1-12-13(2)23(10-16-4-3-9-25-16)19-17(12)18(20-11-21-19)22-14-5-7-15(24)8-6-14;/h3-9,11,24H,10H2,1-2H3,(H,20,21,22);1H. The van der Waals surface area contributed by atoms with Gasteiger partial charge in [0.15, 0.2) is 0 Å². The lowest BCUT2D eigenvalue weighted by molar-refractivity contribution is 0.475. The molecule has 7 heteroatoms. The van der Waals surface area contributed by atoms with Gasteiger partial charge in [0.05, 0.1) is 18.2 Å². The minimum absolute atomic E-state index is 0. The maximum Gasteiger partial charge on any atom is 0.146 e. The van der Waals surface area contributed by atoms with Crippen molar-refractivity contribution in [2.45, 2.75) is 20.4 Å². The third kappa shape index (κ3) is 3.11. The number of phenolic OH excluding ortho intramolecular Hbond substituents is 1. The van der Waals surface area contributed by atoms with E-state index in [1.807, 2.05) is 24.3 Å². The maximum absolute atomic E-state index is 9.44. The smallest absolute Gasteiger partial charge is 0.146 e. The monoisotopic (exact) mass is 370 g/mol. The quantitative estimate of drug-likeness (QED) is 0.515. The lowest BCUT2D eigenvalue weighted by Crippen LogP contribution is -2.02. The molecule has 3 heterocycles. The van der Waals surface area contributed by atoms with Crippen LogP contribution >= 0.6 is 12.4 Å². The Hall–Kier alpha value is -2.99. The Morgan fingerprint density at radius 3 is 2.58 bits per heavy atom. The number of furan rings is 1. The van der Waals surface area contributed by atoms with Crippen molar-refractivity contribution in [2.75, 3.05) is 5.32 Å². The number of benzene rings is 1. The number of fused-ring (bicyclic) bond motifs is 1. The minimum Gasteiger partial charge on any atom is -0.508 e. The van der Waals surface area contributed by atoms with Gasteiger partial charge in [-0.2, -0.15) is 0 Å². The van der Waals surface area contributed by atoms with Crippen LogP contribution in [-0.2, 0) is 6.54 Å². The van der Waals surface area contributed by atoms with Gasteiger partial charge in [-0.25, -0.2) is 9.97 Å². The van der Waals surface area contributed by atoms with E-state index in [0.717, 1.165) is 39.6 Å². The van der Waals surface area contributed by atoms with Gasteiger partial charge in [0, 0.05) is 11.4 Å². The molecule has 0 aliphatic carbocycles. The van der Waals surface area contributed by atoms with Crippen LogP contribution in [0.1, 0.15) is 17.0 Å². The largest absolute Gasteiger partial charge is 0.508 e. The molecule has 4 aromatic rings. The van der Waals surface area contributed by atoms with Crippen LogP contribution in [0.2, 0.25) is 0 Å². The van der Waals surface area contributed by atoms with Crippen LogP contribution in [0.4, 0.5) is 11.5 Å². The van der Waals surface area contributed by atoms with E-state index in [2.05, 4.69) is 33.7 Å². The second kappa shape index (κ2) is 7.09. The fourth-order valence-electron chi connectivity index (χ4n) is 3.00. The molecule has 134 valence electrons. The Balaban J connectivity index is 0.00000196. The number of phenols is 1. The van der Waals surface area contributed by atoms with E-state index < -0.39 is 0 Å². The Morgan fingerprint density at radius 2 is 1.88 bits per heavy atom. The Bertz CT molecular complexity index is 1020. The van der Waals surface area contributed by atoms with Gasteiger partial charge in [0.1, 0.15) is 29.3 Å². The number of halogens is 1. The molecule has 1 aromatic carbocycles. The Labute approximate surface area is 156 Å². The van der Waals surface area contributed by atoms with E-state index >= 15 is 0 Å². The zero-order chi connectivity index (χ0) is 17.4. The molecule has 0 saturated carbocycles. The number of rotatable bonds is 4. The van der Waals surface area contributed by atoms with Crippen molar-refractivity contribution >= 4 is 34.9 Å². The predicted octanol–water partition coefficient (Wildman–Crippen LogP) is 4.56. The summed E-state index contributed by atoms with van der Waals surface area (Å²) in [6, 6.07) is 10.7. The average Bonchev–Trinajstić information content (AvgIpc) is 3.21. The molecular weight excluding hydrogens is 352 g/mol. The number of hydrogen-bond donors (Lipinski definition) is 2. The molecule has 0 aliphatic rings. The minimum atomic E-state index is 0. The second-order valence-electron chi connectivity index (χ2n) is 5.97. The number of hydrogen-bond acceptors (Lipinski definition) is 5. The summed E-state index contributed by atoms with van der Waals surface area (Å²) in [7, 11) is 0. The van der Waals surface area contributed by atoms with Gasteiger partial charge >= 0.3 is 0 Å². The van der Waals surface area contributed by atoms with Crippen LogP contribution in [-0.4, -0.2) is 19.6 Å².